The number of Topliss-reactive ketones (excluding diaryl/α,β-unsaturated/α-hetero) is 1. The first kappa shape index (κ1) is 11.6. The molecule has 0 aliphatic carbocycles. The molecule has 2 heteroatoms. The molecule has 0 aliphatic heterocycles. The molecule has 0 bridgehead atoms. The predicted octanol–water partition coefficient (Wildman–Crippen LogP) is 3.63. The monoisotopic (exact) mass is 228 g/mol. The van der Waals surface area contributed by atoms with Crippen molar-refractivity contribution in [1.29, 1.82) is 0 Å². The van der Waals surface area contributed by atoms with Crippen LogP contribution in [-0.2, 0) is 6.42 Å². The SMILES string of the molecule is Cc1cc(C(=O)Cc2ccc(C)c(C)c2)co1. The second kappa shape index (κ2) is 4.58. The fraction of sp³-hybridized carbons (Fsp3) is 0.267. The Morgan fingerprint density at radius 1 is 1.12 bits per heavy atom. The first-order chi connectivity index (χ1) is 8.06. The molecule has 0 unspecified atom stereocenters. The van der Waals surface area contributed by atoms with E-state index in [9.17, 15) is 4.79 Å². The minimum atomic E-state index is 0.102. The molecule has 0 saturated carbocycles. The number of furan rings is 1. The van der Waals surface area contributed by atoms with Crippen LogP contribution in [0.25, 0.3) is 0 Å². The first-order valence-corrected chi connectivity index (χ1v) is 5.71. The molecule has 0 fully saturated rings. The maximum absolute atomic E-state index is 12.0. The molecule has 2 rings (SSSR count). The van der Waals surface area contributed by atoms with Crippen LogP contribution in [0.1, 0.15) is 32.8 Å². The van der Waals surface area contributed by atoms with Crippen LogP contribution in [0.5, 0.6) is 0 Å². The van der Waals surface area contributed by atoms with Gasteiger partial charge in [-0.25, -0.2) is 0 Å². The van der Waals surface area contributed by atoms with Crippen molar-refractivity contribution in [3.05, 3.63) is 58.5 Å². The van der Waals surface area contributed by atoms with Crippen LogP contribution < -0.4 is 0 Å². The van der Waals surface area contributed by atoms with E-state index in [4.69, 9.17) is 4.42 Å². The Morgan fingerprint density at radius 2 is 1.88 bits per heavy atom. The van der Waals surface area contributed by atoms with Gasteiger partial charge < -0.3 is 4.42 Å². The molecule has 0 atom stereocenters. The quantitative estimate of drug-likeness (QED) is 0.751. The van der Waals surface area contributed by atoms with Crippen molar-refractivity contribution >= 4 is 5.78 Å². The van der Waals surface area contributed by atoms with E-state index in [2.05, 4.69) is 26.0 Å². The first-order valence-electron chi connectivity index (χ1n) is 5.71. The zero-order chi connectivity index (χ0) is 12.4. The Kier molecular flexibility index (Phi) is 3.14. The molecule has 2 aromatic rings. The summed E-state index contributed by atoms with van der Waals surface area (Å²) in [5.41, 5.74) is 4.18. The fourth-order valence-corrected chi connectivity index (χ4v) is 1.79. The summed E-state index contributed by atoms with van der Waals surface area (Å²) >= 11 is 0. The molecule has 2 nitrogen and oxygen atoms in total. The third-order valence-electron chi connectivity index (χ3n) is 2.99. The summed E-state index contributed by atoms with van der Waals surface area (Å²) in [6.07, 6.45) is 1.96. The van der Waals surface area contributed by atoms with Gasteiger partial charge >= 0.3 is 0 Å². The van der Waals surface area contributed by atoms with E-state index in [0.29, 0.717) is 12.0 Å². The van der Waals surface area contributed by atoms with Crippen LogP contribution in [0.4, 0.5) is 0 Å². The molecule has 0 spiro atoms. The predicted molar refractivity (Wildman–Crippen MR) is 67.4 cm³/mol. The molecule has 0 aliphatic rings. The van der Waals surface area contributed by atoms with Crippen LogP contribution in [0.3, 0.4) is 0 Å². The van der Waals surface area contributed by atoms with Crippen molar-refractivity contribution in [3.8, 4) is 0 Å². The van der Waals surface area contributed by atoms with E-state index >= 15 is 0 Å². The van der Waals surface area contributed by atoms with Gasteiger partial charge in [-0.2, -0.15) is 0 Å². The van der Waals surface area contributed by atoms with Crippen molar-refractivity contribution in [2.45, 2.75) is 27.2 Å². The fourth-order valence-electron chi connectivity index (χ4n) is 1.79. The van der Waals surface area contributed by atoms with Crippen LogP contribution in [0, 0.1) is 20.8 Å². The van der Waals surface area contributed by atoms with E-state index < -0.39 is 0 Å². The molecule has 0 saturated heterocycles. The highest BCUT2D eigenvalue weighted by molar-refractivity contribution is 5.97. The summed E-state index contributed by atoms with van der Waals surface area (Å²) in [6.45, 7) is 5.97. The third kappa shape index (κ3) is 2.64. The van der Waals surface area contributed by atoms with Gasteiger partial charge in [0.15, 0.2) is 5.78 Å². The molecule has 1 heterocycles. The molecule has 88 valence electrons. The van der Waals surface area contributed by atoms with Crippen molar-refractivity contribution < 1.29 is 9.21 Å². The van der Waals surface area contributed by atoms with Crippen molar-refractivity contribution in [3.63, 3.8) is 0 Å². The maximum atomic E-state index is 12.0. The van der Waals surface area contributed by atoms with Gasteiger partial charge in [0.25, 0.3) is 0 Å². The molecule has 0 radical (unpaired) electrons. The van der Waals surface area contributed by atoms with E-state index in [1.807, 2.05) is 13.0 Å². The average Bonchev–Trinajstić information content (AvgIpc) is 2.70. The number of aryl methyl sites for hydroxylation is 3. The van der Waals surface area contributed by atoms with Gasteiger partial charge in [-0.3, -0.25) is 4.79 Å². The van der Waals surface area contributed by atoms with Gasteiger partial charge in [0.05, 0.1) is 5.56 Å². The van der Waals surface area contributed by atoms with E-state index in [1.54, 1.807) is 6.07 Å². The van der Waals surface area contributed by atoms with Gasteiger partial charge in [0, 0.05) is 6.42 Å². The van der Waals surface area contributed by atoms with Crippen LogP contribution >= 0.6 is 0 Å². The zero-order valence-corrected chi connectivity index (χ0v) is 10.4. The summed E-state index contributed by atoms with van der Waals surface area (Å²) in [5.74, 6) is 0.874. The minimum Gasteiger partial charge on any atom is -0.469 e. The Labute approximate surface area is 101 Å². The van der Waals surface area contributed by atoms with Crippen LogP contribution in [0.2, 0.25) is 0 Å². The lowest BCUT2D eigenvalue weighted by molar-refractivity contribution is 0.0992. The number of benzene rings is 1. The highest BCUT2D eigenvalue weighted by Gasteiger charge is 2.10. The summed E-state index contributed by atoms with van der Waals surface area (Å²) < 4.78 is 5.15. The molecule has 1 aromatic carbocycles. The van der Waals surface area contributed by atoms with Gasteiger partial charge in [-0.1, -0.05) is 18.2 Å². The van der Waals surface area contributed by atoms with Crippen molar-refractivity contribution in [1.82, 2.24) is 0 Å². The van der Waals surface area contributed by atoms with Crippen molar-refractivity contribution in [2.75, 3.05) is 0 Å². The summed E-state index contributed by atoms with van der Waals surface area (Å²) in [6, 6.07) is 7.91. The smallest absolute Gasteiger partial charge is 0.170 e. The maximum Gasteiger partial charge on any atom is 0.170 e. The topological polar surface area (TPSA) is 30.2 Å². The Bertz CT molecular complexity index is 550. The van der Waals surface area contributed by atoms with E-state index in [1.165, 1.54) is 17.4 Å². The molecule has 17 heavy (non-hydrogen) atoms. The molecule has 0 amide bonds. The summed E-state index contributed by atoms with van der Waals surface area (Å²) in [5, 5.41) is 0. The average molecular weight is 228 g/mol. The van der Waals surface area contributed by atoms with Crippen LogP contribution in [-0.4, -0.2) is 5.78 Å². The second-order valence-corrected chi connectivity index (χ2v) is 4.46. The molecule has 0 N–H and O–H groups in total. The second-order valence-electron chi connectivity index (χ2n) is 4.46. The number of hydrogen-bond donors (Lipinski definition) is 0. The minimum absolute atomic E-state index is 0.102. The number of rotatable bonds is 3. The molecular weight excluding hydrogens is 212 g/mol. The highest BCUT2D eigenvalue weighted by atomic mass is 16.3. The Balaban J connectivity index is 2.15. The molecule has 1 aromatic heterocycles. The van der Waals surface area contributed by atoms with Gasteiger partial charge in [-0.15, -0.1) is 0 Å². The Morgan fingerprint density at radius 3 is 2.47 bits per heavy atom. The lowest BCUT2D eigenvalue weighted by atomic mass is 10.0. The van der Waals surface area contributed by atoms with Gasteiger partial charge in [-0.05, 0) is 43.5 Å². The highest BCUT2D eigenvalue weighted by Crippen LogP contribution is 2.14. The lowest BCUT2D eigenvalue weighted by Gasteiger charge is -2.03. The van der Waals surface area contributed by atoms with Gasteiger partial charge in [0.1, 0.15) is 12.0 Å². The van der Waals surface area contributed by atoms with E-state index in [0.717, 1.165) is 11.3 Å². The zero-order valence-electron chi connectivity index (χ0n) is 10.4. The Hall–Kier alpha value is -1.83. The number of carbonyl (C=O) groups is 1. The standard InChI is InChI=1S/C15H16O2/c1-10-4-5-13(6-11(10)2)8-15(16)14-7-12(3)17-9-14/h4-7,9H,8H2,1-3H3. The van der Waals surface area contributed by atoms with Gasteiger partial charge in [0.2, 0.25) is 0 Å². The normalized spacial score (nSPS) is 10.5. The number of carbonyl (C=O) groups excluding carboxylic acids is 1. The number of hydrogen-bond acceptors (Lipinski definition) is 2. The number of ketones is 1. The van der Waals surface area contributed by atoms with Crippen LogP contribution in [0.15, 0.2) is 34.9 Å². The third-order valence-corrected chi connectivity index (χ3v) is 2.99. The lowest BCUT2D eigenvalue weighted by Crippen LogP contribution is -2.02. The largest absolute Gasteiger partial charge is 0.469 e. The summed E-state index contributed by atoms with van der Waals surface area (Å²) in [4.78, 5) is 12.0. The molecular formula is C15H16O2. The summed E-state index contributed by atoms with van der Waals surface area (Å²) in [7, 11) is 0. The van der Waals surface area contributed by atoms with E-state index in [-0.39, 0.29) is 5.78 Å². The van der Waals surface area contributed by atoms with Crippen molar-refractivity contribution in [2.24, 2.45) is 0 Å².